The molecule has 25 heavy (non-hydrogen) atoms. The molecule has 128 valence electrons. The predicted molar refractivity (Wildman–Crippen MR) is 95.1 cm³/mol. The van der Waals surface area contributed by atoms with E-state index < -0.39 is 0 Å². The minimum atomic E-state index is -0.336. The van der Waals surface area contributed by atoms with Crippen LogP contribution in [0.4, 0.5) is 0 Å². The summed E-state index contributed by atoms with van der Waals surface area (Å²) in [6.07, 6.45) is 2.23. The number of carbonyl (C=O) groups excluding carboxylic acids is 1. The molecule has 4 rings (SSSR count). The number of nitrogens with one attached hydrogen (secondary N) is 1. The van der Waals surface area contributed by atoms with Gasteiger partial charge in [0.05, 0.1) is 22.6 Å². The van der Waals surface area contributed by atoms with E-state index >= 15 is 0 Å². The number of allylic oxidation sites excluding steroid dienone is 3. The van der Waals surface area contributed by atoms with E-state index in [4.69, 9.17) is 9.47 Å². The molecule has 0 saturated heterocycles. The first-order valence-corrected chi connectivity index (χ1v) is 9.41. The van der Waals surface area contributed by atoms with Crippen LogP contribution in [0.25, 0.3) is 0 Å². The first-order chi connectivity index (χ1) is 12.2. The van der Waals surface area contributed by atoms with E-state index in [2.05, 4.69) is 18.3 Å². The summed E-state index contributed by atoms with van der Waals surface area (Å²) in [7, 11) is 0. The van der Waals surface area contributed by atoms with Crippen LogP contribution >= 0.6 is 11.8 Å². The number of Topliss-reactive ketones (excluding diaryl/α,β-unsaturated/α-hetero) is 1. The third-order valence-corrected chi connectivity index (χ3v) is 5.58. The van der Waals surface area contributed by atoms with Gasteiger partial charge in [-0.1, -0.05) is 13.0 Å². The normalized spacial score (nSPS) is 21.8. The van der Waals surface area contributed by atoms with Gasteiger partial charge < -0.3 is 14.8 Å². The van der Waals surface area contributed by atoms with Crippen molar-refractivity contribution in [2.24, 2.45) is 0 Å². The summed E-state index contributed by atoms with van der Waals surface area (Å²) in [4.78, 5) is 12.7. The molecule has 0 radical (unpaired) electrons. The molecule has 3 aliphatic rings. The van der Waals surface area contributed by atoms with Gasteiger partial charge in [-0.3, -0.25) is 4.79 Å². The quantitative estimate of drug-likeness (QED) is 0.894. The first-order valence-electron chi connectivity index (χ1n) is 8.42. The van der Waals surface area contributed by atoms with Gasteiger partial charge in [-0.2, -0.15) is 5.26 Å². The van der Waals surface area contributed by atoms with Gasteiger partial charge in [0.1, 0.15) is 0 Å². The van der Waals surface area contributed by atoms with Crippen LogP contribution in [0.2, 0.25) is 0 Å². The van der Waals surface area contributed by atoms with E-state index in [1.807, 2.05) is 18.2 Å². The van der Waals surface area contributed by atoms with Gasteiger partial charge in [0.15, 0.2) is 17.3 Å². The Balaban J connectivity index is 1.87. The lowest BCUT2D eigenvalue weighted by Crippen LogP contribution is -2.31. The SMILES string of the molecule is CCSC1=C(C#N)[C@@H](c2ccc3c(c2)OCO3)C2=C(CCCC2=O)N1. The van der Waals surface area contributed by atoms with E-state index in [9.17, 15) is 10.1 Å². The number of hydrogen-bond donors (Lipinski definition) is 1. The van der Waals surface area contributed by atoms with E-state index in [-0.39, 0.29) is 18.5 Å². The molecule has 0 saturated carbocycles. The van der Waals surface area contributed by atoms with Gasteiger partial charge in [0, 0.05) is 17.7 Å². The molecular weight excluding hydrogens is 336 g/mol. The average molecular weight is 354 g/mol. The summed E-state index contributed by atoms with van der Waals surface area (Å²) in [6, 6.07) is 8.03. The van der Waals surface area contributed by atoms with Crippen molar-refractivity contribution in [2.75, 3.05) is 12.5 Å². The smallest absolute Gasteiger partial charge is 0.231 e. The Morgan fingerprint density at radius 2 is 2.16 bits per heavy atom. The van der Waals surface area contributed by atoms with Crippen LogP contribution in [0.3, 0.4) is 0 Å². The molecule has 0 bridgehead atoms. The van der Waals surface area contributed by atoms with Gasteiger partial charge in [-0.25, -0.2) is 0 Å². The molecule has 0 amide bonds. The van der Waals surface area contributed by atoms with Crippen LogP contribution in [0, 0.1) is 11.3 Å². The van der Waals surface area contributed by atoms with Crippen LogP contribution in [-0.2, 0) is 4.79 Å². The predicted octanol–water partition coefficient (Wildman–Crippen LogP) is 3.60. The van der Waals surface area contributed by atoms with Gasteiger partial charge in [-0.15, -0.1) is 11.8 Å². The Morgan fingerprint density at radius 3 is 2.96 bits per heavy atom. The molecular formula is C19H18N2O3S. The lowest BCUT2D eigenvalue weighted by molar-refractivity contribution is -0.116. The minimum absolute atomic E-state index is 0.129. The van der Waals surface area contributed by atoms with Crippen molar-refractivity contribution < 1.29 is 14.3 Å². The van der Waals surface area contributed by atoms with E-state index in [1.54, 1.807) is 11.8 Å². The van der Waals surface area contributed by atoms with Crippen LogP contribution in [0.1, 0.15) is 37.7 Å². The van der Waals surface area contributed by atoms with Crippen LogP contribution in [0.5, 0.6) is 11.5 Å². The highest BCUT2D eigenvalue weighted by molar-refractivity contribution is 8.03. The molecule has 1 aromatic carbocycles. The summed E-state index contributed by atoms with van der Waals surface area (Å²) < 4.78 is 10.9. The Kier molecular flexibility index (Phi) is 4.18. The molecule has 1 aromatic rings. The monoisotopic (exact) mass is 354 g/mol. The molecule has 0 unspecified atom stereocenters. The zero-order valence-corrected chi connectivity index (χ0v) is 14.7. The van der Waals surface area contributed by atoms with Crippen molar-refractivity contribution >= 4 is 17.5 Å². The molecule has 0 spiro atoms. The van der Waals surface area contributed by atoms with E-state index in [0.717, 1.165) is 40.5 Å². The minimum Gasteiger partial charge on any atom is -0.454 e. The highest BCUT2D eigenvalue weighted by Gasteiger charge is 2.37. The maximum absolute atomic E-state index is 12.7. The molecule has 2 aliphatic heterocycles. The number of thioether (sulfide) groups is 1. The number of hydrogen-bond acceptors (Lipinski definition) is 6. The van der Waals surface area contributed by atoms with E-state index in [1.165, 1.54) is 0 Å². The fourth-order valence-electron chi connectivity index (χ4n) is 3.61. The average Bonchev–Trinajstić information content (AvgIpc) is 3.09. The molecule has 0 fully saturated rings. The molecule has 1 N–H and O–H groups in total. The Hall–Kier alpha value is -2.39. The van der Waals surface area contributed by atoms with Gasteiger partial charge in [-0.05, 0) is 36.3 Å². The topological polar surface area (TPSA) is 71.3 Å². The zero-order valence-electron chi connectivity index (χ0n) is 13.9. The third kappa shape index (κ3) is 2.69. The number of carbonyl (C=O) groups is 1. The van der Waals surface area contributed by atoms with Gasteiger partial charge in [0.25, 0.3) is 0 Å². The standard InChI is InChI=1S/C19H18N2O3S/c1-2-25-19-12(9-20)17(18-13(21-19)4-3-5-14(18)22)11-6-7-15-16(8-11)24-10-23-15/h6-8,17,21H,2-5,10H2,1H3/t17-/m1/s1. The fourth-order valence-corrected chi connectivity index (χ4v) is 4.41. The Labute approximate surface area is 150 Å². The fraction of sp³-hybridized carbons (Fsp3) is 0.368. The summed E-state index contributed by atoms with van der Waals surface area (Å²) in [5, 5.41) is 14.1. The largest absolute Gasteiger partial charge is 0.454 e. The highest BCUT2D eigenvalue weighted by atomic mass is 32.2. The number of ether oxygens (including phenoxy) is 2. The number of ketones is 1. The van der Waals surface area contributed by atoms with Gasteiger partial charge >= 0.3 is 0 Å². The van der Waals surface area contributed by atoms with Crippen molar-refractivity contribution in [3.05, 3.63) is 45.6 Å². The number of nitrogens with zero attached hydrogens (tertiary/aromatic N) is 1. The number of benzene rings is 1. The molecule has 0 aromatic heterocycles. The zero-order chi connectivity index (χ0) is 17.4. The highest BCUT2D eigenvalue weighted by Crippen LogP contribution is 2.46. The van der Waals surface area contributed by atoms with Crippen molar-refractivity contribution in [2.45, 2.75) is 32.1 Å². The Bertz CT molecular complexity index is 851. The lowest BCUT2D eigenvalue weighted by atomic mass is 9.77. The van der Waals surface area contributed by atoms with Crippen LogP contribution < -0.4 is 14.8 Å². The maximum Gasteiger partial charge on any atom is 0.231 e. The molecule has 6 heteroatoms. The maximum atomic E-state index is 12.7. The molecule has 1 aliphatic carbocycles. The number of nitriles is 1. The number of dihydropyridines is 1. The van der Waals surface area contributed by atoms with Crippen LogP contribution in [0.15, 0.2) is 40.1 Å². The second-order valence-electron chi connectivity index (χ2n) is 6.13. The summed E-state index contributed by atoms with van der Waals surface area (Å²) in [5.41, 5.74) is 3.22. The molecule has 2 heterocycles. The van der Waals surface area contributed by atoms with Crippen LogP contribution in [-0.4, -0.2) is 18.3 Å². The van der Waals surface area contributed by atoms with Crippen molar-refractivity contribution in [3.63, 3.8) is 0 Å². The summed E-state index contributed by atoms with van der Waals surface area (Å²) in [5.74, 6) is 2.02. The lowest BCUT2D eigenvalue weighted by Gasteiger charge is -2.33. The van der Waals surface area contributed by atoms with E-state index in [0.29, 0.717) is 23.5 Å². The Morgan fingerprint density at radius 1 is 1.32 bits per heavy atom. The number of rotatable bonds is 3. The van der Waals surface area contributed by atoms with Crippen molar-refractivity contribution in [1.29, 1.82) is 5.26 Å². The van der Waals surface area contributed by atoms with Crippen molar-refractivity contribution in [3.8, 4) is 17.6 Å². The molecule has 1 atom stereocenters. The third-order valence-electron chi connectivity index (χ3n) is 4.68. The van der Waals surface area contributed by atoms with Gasteiger partial charge in [0.2, 0.25) is 6.79 Å². The second-order valence-corrected chi connectivity index (χ2v) is 7.40. The first kappa shape index (κ1) is 16.1. The second kappa shape index (κ2) is 6.49. The summed E-state index contributed by atoms with van der Waals surface area (Å²) >= 11 is 1.61. The summed E-state index contributed by atoms with van der Waals surface area (Å²) in [6.45, 7) is 2.26. The molecule has 5 nitrogen and oxygen atoms in total. The number of fused-ring (bicyclic) bond motifs is 1. The van der Waals surface area contributed by atoms with Crippen molar-refractivity contribution in [1.82, 2.24) is 5.32 Å².